The van der Waals surface area contributed by atoms with Gasteiger partial charge < -0.3 is 18.6 Å². The Kier molecular flexibility index (Phi) is 4.83. The summed E-state index contributed by atoms with van der Waals surface area (Å²) in [4.78, 5) is 39.3. The first-order chi connectivity index (χ1) is 16.0. The molecular formula is C25H23ClN2O5. The first-order valence-electron chi connectivity index (χ1n) is 11.4. The van der Waals surface area contributed by atoms with Crippen LogP contribution in [0, 0.1) is 5.92 Å². The normalized spacial score (nSPS) is 21.1. The van der Waals surface area contributed by atoms with Crippen LogP contribution in [0.2, 0.25) is 5.02 Å². The van der Waals surface area contributed by atoms with E-state index in [0.29, 0.717) is 36.0 Å². The Labute approximate surface area is 194 Å². The minimum absolute atomic E-state index is 0.0218. The molecule has 0 N–H and O–H groups in total. The molecule has 1 aromatic carbocycles. The fourth-order valence-corrected chi connectivity index (χ4v) is 5.94. The molecule has 8 heteroatoms. The van der Waals surface area contributed by atoms with Gasteiger partial charge >= 0.3 is 5.63 Å². The number of fused-ring (bicyclic) bond motifs is 7. The van der Waals surface area contributed by atoms with E-state index in [-0.39, 0.29) is 35.5 Å². The quantitative estimate of drug-likeness (QED) is 0.554. The van der Waals surface area contributed by atoms with E-state index in [2.05, 4.69) is 0 Å². The summed E-state index contributed by atoms with van der Waals surface area (Å²) in [6, 6.07) is 8.73. The van der Waals surface area contributed by atoms with E-state index >= 15 is 0 Å². The molecule has 2 aliphatic heterocycles. The molecule has 1 fully saturated rings. The van der Waals surface area contributed by atoms with Crippen LogP contribution < -0.4 is 15.9 Å². The molecule has 2 aromatic heterocycles. The second kappa shape index (κ2) is 7.76. The lowest BCUT2D eigenvalue weighted by Gasteiger charge is -2.42. The third-order valence-electron chi connectivity index (χ3n) is 7.21. The van der Waals surface area contributed by atoms with E-state index in [1.807, 2.05) is 15.5 Å². The number of aromatic nitrogens is 1. The SMILES string of the molecule is O=C(COc1cc2oc(=O)c3c(c2cc1Cl)CCC3)N1C[C@@H]2C[C@H](C1)c1cccc(=O)n1C2. The molecule has 0 unspecified atom stereocenters. The summed E-state index contributed by atoms with van der Waals surface area (Å²) >= 11 is 6.46. The Morgan fingerprint density at radius 1 is 1.12 bits per heavy atom. The summed E-state index contributed by atoms with van der Waals surface area (Å²) in [6.45, 7) is 1.65. The fraction of sp³-hybridized carbons (Fsp3) is 0.400. The Morgan fingerprint density at radius 2 is 1.97 bits per heavy atom. The van der Waals surface area contributed by atoms with Crippen LogP contribution >= 0.6 is 11.6 Å². The van der Waals surface area contributed by atoms with Gasteiger partial charge in [0.1, 0.15) is 11.3 Å². The van der Waals surface area contributed by atoms with Gasteiger partial charge in [0, 0.05) is 54.3 Å². The van der Waals surface area contributed by atoms with Gasteiger partial charge in [0.15, 0.2) is 6.61 Å². The zero-order valence-corrected chi connectivity index (χ0v) is 18.8. The van der Waals surface area contributed by atoms with Gasteiger partial charge in [-0.15, -0.1) is 0 Å². The number of nitrogens with zero attached hydrogens (tertiary/aromatic N) is 2. The van der Waals surface area contributed by atoms with Crippen molar-refractivity contribution in [1.29, 1.82) is 0 Å². The summed E-state index contributed by atoms with van der Waals surface area (Å²) in [5.41, 5.74) is 2.89. The lowest BCUT2D eigenvalue weighted by atomic mass is 9.83. The second-order valence-electron chi connectivity index (χ2n) is 9.26. The number of halogens is 1. The van der Waals surface area contributed by atoms with Crippen LogP contribution in [-0.2, 0) is 24.2 Å². The van der Waals surface area contributed by atoms with Crippen LogP contribution in [0.3, 0.4) is 0 Å². The number of carbonyl (C=O) groups is 1. The molecule has 6 rings (SSSR count). The topological polar surface area (TPSA) is 81.8 Å². The molecule has 7 nitrogen and oxygen atoms in total. The van der Waals surface area contributed by atoms with E-state index < -0.39 is 0 Å². The zero-order valence-electron chi connectivity index (χ0n) is 18.0. The maximum absolute atomic E-state index is 13.0. The van der Waals surface area contributed by atoms with Crippen molar-refractivity contribution in [3.63, 3.8) is 0 Å². The maximum atomic E-state index is 13.0. The predicted molar refractivity (Wildman–Crippen MR) is 123 cm³/mol. The molecule has 1 saturated heterocycles. The van der Waals surface area contributed by atoms with Gasteiger partial charge in [0.2, 0.25) is 0 Å². The van der Waals surface area contributed by atoms with E-state index in [4.69, 9.17) is 20.8 Å². The van der Waals surface area contributed by atoms with Crippen LogP contribution in [0.25, 0.3) is 11.0 Å². The molecule has 3 aromatic rings. The molecule has 2 atom stereocenters. The fourth-order valence-electron chi connectivity index (χ4n) is 5.72. The van der Waals surface area contributed by atoms with Gasteiger partial charge in [-0.2, -0.15) is 0 Å². The molecule has 33 heavy (non-hydrogen) atoms. The molecule has 3 aliphatic rings. The lowest BCUT2D eigenvalue weighted by Crippen LogP contribution is -2.50. The monoisotopic (exact) mass is 466 g/mol. The minimum atomic E-state index is -0.307. The molecule has 170 valence electrons. The van der Waals surface area contributed by atoms with Crippen LogP contribution in [0.15, 0.2) is 44.3 Å². The van der Waals surface area contributed by atoms with Crippen LogP contribution in [0.5, 0.6) is 5.75 Å². The molecule has 1 amide bonds. The second-order valence-corrected chi connectivity index (χ2v) is 9.67. The highest BCUT2D eigenvalue weighted by molar-refractivity contribution is 6.32. The Hall–Kier alpha value is -3.06. The van der Waals surface area contributed by atoms with Crippen LogP contribution in [-0.4, -0.2) is 35.1 Å². The van der Waals surface area contributed by atoms with Crippen molar-refractivity contribution in [3.8, 4) is 5.75 Å². The van der Waals surface area contributed by atoms with Crippen molar-refractivity contribution in [2.45, 2.75) is 38.1 Å². The average molecular weight is 467 g/mol. The van der Waals surface area contributed by atoms with E-state index in [9.17, 15) is 14.4 Å². The Morgan fingerprint density at radius 3 is 2.85 bits per heavy atom. The highest BCUT2D eigenvalue weighted by Crippen LogP contribution is 2.36. The largest absolute Gasteiger partial charge is 0.482 e. The molecule has 0 spiro atoms. The Bertz CT molecular complexity index is 1410. The number of aryl methyl sites for hydroxylation is 1. The minimum Gasteiger partial charge on any atom is -0.482 e. The van der Waals surface area contributed by atoms with Crippen molar-refractivity contribution in [2.24, 2.45) is 5.92 Å². The first-order valence-corrected chi connectivity index (χ1v) is 11.7. The van der Waals surface area contributed by atoms with E-state index in [0.717, 1.165) is 47.9 Å². The predicted octanol–water partition coefficient (Wildman–Crippen LogP) is 3.12. The van der Waals surface area contributed by atoms with Crippen molar-refractivity contribution < 1.29 is 13.9 Å². The van der Waals surface area contributed by atoms with Crippen molar-refractivity contribution in [2.75, 3.05) is 19.7 Å². The number of amides is 1. The zero-order chi connectivity index (χ0) is 22.7. The molecule has 0 radical (unpaired) electrons. The molecule has 1 aliphatic carbocycles. The smallest absolute Gasteiger partial charge is 0.339 e. The molecular weight excluding hydrogens is 444 g/mol. The summed E-state index contributed by atoms with van der Waals surface area (Å²) in [6.07, 6.45) is 3.47. The number of ether oxygens (including phenoxy) is 1. The first kappa shape index (κ1) is 20.5. The summed E-state index contributed by atoms with van der Waals surface area (Å²) < 4.78 is 13.1. The van der Waals surface area contributed by atoms with Gasteiger partial charge in [-0.1, -0.05) is 17.7 Å². The lowest BCUT2D eigenvalue weighted by molar-refractivity contribution is -0.136. The van der Waals surface area contributed by atoms with Crippen molar-refractivity contribution in [1.82, 2.24) is 9.47 Å². The highest BCUT2D eigenvalue weighted by atomic mass is 35.5. The molecule has 4 heterocycles. The number of carbonyl (C=O) groups excluding carboxylic acids is 1. The van der Waals surface area contributed by atoms with Gasteiger partial charge in [0.25, 0.3) is 11.5 Å². The number of piperidine rings is 1. The average Bonchev–Trinajstić information content (AvgIpc) is 3.30. The number of likely N-dealkylation sites (tertiary alicyclic amines) is 1. The third-order valence-corrected chi connectivity index (χ3v) is 7.51. The van der Waals surface area contributed by atoms with Gasteiger partial charge in [0.05, 0.1) is 5.02 Å². The van der Waals surface area contributed by atoms with Crippen LogP contribution in [0.1, 0.15) is 35.6 Å². The van der Waals surface area contributed by atoms with Gasteiger partial charge in [-0.05, 0) is 49.3 Å². The number of hydrogen-bond donors (Lipinski definition) is 0. The number of benzene rings is 1. The number of rotatable bonds is 3. The highest BCUT2D eigenvalue weighted by Gasteiger charge is 2.36. The third kappa shape index (κ3) is 3.46. The number of pyridine rings is 1. The summed E-state index contributed by atoms with van der Waals surface area (Å²) in [7, 11) is 0. The molecule has 2 bridgehead atoms. The molecule has 0 saturated carbocycles. The summed E-state index contributed by atoms with van der Waals surface area (Å²) in [5.74, 6) is 0.604. The Balaban J connectivity index is 1.20. The maximum Gasteiger partial charge on any atom is 0.339 e. The summed E-state index contributed by atoms with van der Waals surface area (Å²) in [5, 5.41) is 1.23. The van der Waals surface area contributed by atoms with Gasteiger partial charge in [-0.25, -0.2) is 4.79 Å². The van der Waals surface area contributed by atoms with E-state index in [1.165, 1.54) is 0 Å². The standard InChI is InChI=1S/C25H23ClN2O5/c26-19-8-18-16-3-1-4-17(16)25(31)33-21(18)9-22(19)32-13-24(30)27-10-14-7-15(12-27)20-5-2-6-23(29)28(20)11-14/h2,5-6,8-9,14-15H,1,3-4,7,10-13H2/t14-,15+/m0/s1. The van der Waals surface area contributed by atoms with Crippen LogP contribution in [0.4, 0.5) is 0 Å². The van der Waals surface area contributed by atoms with Crippen molar-refractivity contribution >= 4 is 28.5 Å². The van der Waals surface area contributed by atoms with Gasteiger partial charge in [-0.3, -0.25) is 9.59 Å². The van der Waals surface area contributed by atoms with E-state index in [1.54, 1.807) is 24.3 Å². The van der Waals surface area contributed by atoms with Crippen molar-refractivity contribution in [3.05, 3.63) is 72.9 Å². The number of hydrogen-bond acceptors (Lipinski definition) is 5.